The zero-order chi connectivity index (χ0) is 15.6. The smallest absolute Gasteiger partial charge is 0.360 e. The van der Waals surface area contributed by atoms with Crippen molar-refractivity contribution in [3.63, 3.8) is 0 Å². The molecule has 5 nitrogen and oxygen atoms in total. The second-order valence-corrected chi connectivity index (χ2v) is 5.63. The third-order valence-electron chi connectivity index (χ3n) is 3.05. The van der Waals surface area contributed by atoms with Gasteiger partial charge in [-0.2, -0.15) is 0 Å². The van der Waals surface area contributed by atoms with E-state index in [0.717, 1.165) is 5.56 Å². The molecule has 0 spiro atoms. The van der Waals surface area contributed by atoms with Crippen LogP contribution in [0.4, 0.5) is 0 Å². The highest BCUT2D eigenvalue weighted by Gasteiger charge is 2.23. The van der Waals surface area contributed by atoms with Crippen molar-refractivity contribution in [2.45, 2.75) is 26.3 Å². The first-order valence-electron chi connectivity index (χ1n) is 6.40. The number of hydrogen-bond acceptors (Lipinski definition) is 4. The van der Waals surface area contributed by atoms with E-state index in [-0.39, 0.29) is 11.6 Å². The van der Waals surface area contributed by atoms with E-state index < -0.39 is 5.97 Å². The Morgan fingerprint density at radius 1 is 1.38 bits per heavy atom. The van der Waals surface area contributed by atoms with Crippen molar-refractivity contribution in [1.29, 1.82) is 0 Å². The number of aromatic nitrogens is 3. The maximum atomic E-state index is 11.7. The second-order valence-electron chi connectivity index (χ2n) is 4.84. The van der Waals surface area contributed by atoms with Crippen LogP contribution in [0.25, 0.3) is 0 Å². The average Bonchev–Trinajstić information content (AvgIpc) is 2.87. The van der Waals surface area contributed by atoms with Crippen molar-refractivity contribution < 1.29 is 9.53 Å². The SMILES string of the molecule is COC(=O)c1nnn(Cc2cccc(Cl)c2Cl)c1C(C)C. The number of carbonyl (C=O) groups excluding carboxylic acids is 1. The summed E-state index contributed by atoms with van der Waals surface area (Å²) in [5.74, 6) is -0.436. The monoisotopic (exact) mass is 327 g/mol. The number of methoxy groups -OCH3 is 1. The van der Waals surface area contributed by atoms with Gasteiger partial charge in [0, 0.05) is 0 Å². The van der Waals surface area contributed by atoms with Gasteiger partial charge in [0.05, 0.1) is 29.4 Å². The van der Waals surface area contributed by atoms with Gasteiger partial charge in [-0.15, -0.1) is 5.10 Å². The van der Waals surface area contributed by atoms with E-state index in [1.807, 2.05) is 26.0 Å². The van der Waals surface area contributed by atoms with E-state index in [1.165, 1.54) is 7.11 Å². The van der Waals surface area contributed by atoms with Gasteiger partial charge < -0.3 is 4.74 Å². The standard InChI is InChI=1S/C14H15Cl2N3O2/c1-8(2)13-12(14(20)21-3)17-18-19(13)7-9-5-4-6-10(15)11(9)16/h4-6,8H,7H2,1-3H3. The molecule has 21 heavy (non-hydrogen) atoms. The zero-order valence-electron chi connectivity index (χ0n) is 11.9. The molecule has 0 N–H and O–H groups in total. The number of hydrogen-bond donors (Lipinski definition) is 0. The number of esters is 1. The summed E-state index contributed by atoms with van der Waals surface area (Å²) in [4.78, 5) is 11.7. The first-order chi connectivity index (χ1) is 9.95. The highest BCUT2D eigenvalue weighted by atomic mass is 35.5. The number of carbonyl (C=O) groups is 1. The van der Waals surface area contributed by atoms with Gasteiger partial charge in [0.25, 0.3) is 0 Å². The molecule has 0 aliphatic heterocycles. The van der Waals surface area contributed by atoms with Gasteiger partial charge in [-0.05, 0) is 17.5 Å². The normalized spacial score (nSPS) is 11.0. The van der Waals surface area contributed by atoms with Crippen molar-refractivity contribution in [2.75, 3.05) is 7.11 Å². The lowest BCUT2D eigenvalue weighted by Crippen LogP contribution is -2.12. The third kappa shape index (κ3) is 3.19. The largest absolute Gasteiger partial charge is 0.464 e. The Balaban J connectivity index is 2.43. The molecule has 112 valence electrons. The van der Waals surface area contributed by atoms with Gasteiger partial charge in [0.1, 0.15) is 0 Å². The van der Waals surface area contributed by atoms with Gasteiger partial charge in [0.2, 0.25) is 0 Å². The predicted octanol–water partition coefficient (Wildman–Crippen LogP) is 3.54. The quantitative estimate of drug-likeness (QED) is 0.806. The fourth-order valence-electron chi connectivity index (χ4n) is 2.08. The third-order valence-corrected chi connectivity index (χ3v) is 3.91. The molecule has 1 aromatic carbocycles. The Bertz CT molecular complexity index is 668. The Labute approximate surface area is 132 Å². The van der Waals surface area contributed by atoms with Crippen LogP contribution < -0.4 is 0 Å². The molecule has 0 atom stereocenters. The molecular weight excluding hydrogens is 313 g/mol. The molecule has 0 aliphatic rings. The van der Waals surface area contributed by atoms with Crippen LogP contribution in [0.1, 0.15) is 41.5 Å². The first kappa shape index (κ1) is 15.8. The lowest BCUT2D eigenvalue weighted by atomic mass is 10.1. The Hall–Kier alpha value is -1.59. The van der Waals surface area contributed by atoms with Crippen molar-refractivity contribution in [3.8, 4) is 0 Å². The summed E-state index contributed by atoms with van der Waals surface area (Å²) in [6, 6.07) is 5.40. The molecule has 0 aliphatic carbocycles. The first-order valence-corrected chi connectivity index (χ1v) is 7.15. The maximum Gasteiger partial charge on any atom is 0.360 e. The molecule has 0 unspecified atom stereocenters. The molecule has 1 aromatic heterocycles. The minimum Gasteiger partial charge on any atom is -0.464 e. The van der Waals surface area contributed by atoms with E-state index in [9.17, 15) is 4.79 Å². The van der Waals surface area contributed by atoms with Crippen LogP contribution in [-0.2, 0) is 11.3 Å². The predicted molar refractivity (Wildman–Crippen MR) is 81.0 cm³/mol. The Morgan fingerprint density at radius 3 is 2.71 bits per heavy atom. The van der Waals surface area contributed by atoms with E-state index in [4.69, 9.17) is 27.9 Å². The minimum absolute atomic E-state index is 0.0621. The number of rotatable bonds is 4. The summed E-state index contributed by atoms with van der Waals surface area (Å²) in [6.07, 6.45) is 0. The van der Waals surface area contributed by atoms with Crippen LogP contribution in [0.2, 0.25) is 10.0 Å². The molecule has 2 rings (SSSR count). The molecule has 0 fully saturated rings. The molecule has 0 bridgehead atoms. The molecule has 0 amide bonds. The highest BCUT2D eigenvalue weighted by Crippen LogP contribution is 2.27. The van der Waals surface area contributed by atoms with Gasteiger partial charge in [-0.25, -0.2) is 9.48 Å². The van der Waals surface area contributed by atoms with Crippen LogP contribution in [0.5, 0.6) is 0 Å². The summed E-state index contributed by atoms with van der Waals surface area (Å²) in [7, 11) is 1.32. The van der Waals surface area contributed by atoms with Crippen molar-refractivity contribution >= 4 is 29.2 Å². The molecule has 7 heteroatoms. The fourth-order valence-corrected chi connectivity index (χ4v) is 2.46. The topological polar surface area (TPSA) is 57.0 Å². The van der Waals surface area contributed by atoms with Gasteiger partial charge in [-0.3, -0.25) is 0 Å². The van der Waals surface area contributed by atoms with E-state index in [0.29, 0.717) is 22.3 Å². The highest BCUT2D eigenvalue weighted by molar-refractivity contribution is 6.42. The number of nitrogens with zero attached hydrogens (tertiary/aromatic N) is 3. The van der Waals surface area contributed by atoms with E-state index in [1.54, 1.807) is 10.7 Å². The number of ether oxygens (including phenoxy) is 1. The Morgan fingerprint density at radius 2 is 2.10 bits per heavy atom. The summed E-state index contributed by atoms with van der Waals surface area (Å²) in [6.45, 7) is 4.30. The van der Waals surface area contributed by atoms with Crippen LogP contribution in [-0.4, -0.2) is 28.1 Å². The van der Waals surface area contributed by atoms with Crippen LogP contribution in [0.3, 0.4) is 0 Å². The summed E-state index contributed by atoms with van der Waals surface area (Å²) < 4.78 is 6.38. The summed E-state index contributed by atoms with van der Waals surface area (Å²) >= 11 is 12.2. The average molecular weight is 328 g/mol. The van der Waals surface area contributed by atoms with Gasteiger partial charge >= 0.3 is 5.97 Å². The van der Waals surface area contributed by atoms with Gasteiger partial charge in [0.15, 0.2) is 5.69 Å². The lowest BCUT2D eigenvalue weighted by molar-refractivity contribution is 0.0592. The molecule has 2 aromatic rings. The lowest BCUT2D eigenvalue weighted by Gasteiger charge is -2.11. The molecule has 1 heterocycles. The van der Waals surface area contributed by atoms with Crippen molar-refractivity contribution in [3.05, 3.63) is 45.2 Å². The molecular formula is C14H15Cl2N3O2. The summed E-state index contributed by atoms with van der Waals surface area (Å²) in [5, 5.41) is 8.91. The summed E-state index contributed by atoms with van der Waals surface area (Å²) in [5.41, 5.74) is 1.75. The number of benzene rings is 1. The maximum absolute atomic E-state index is 11.7. The Kier molecular flexibility index (Phi) is 4.85. The van der Waals surface area contributed by atoms with E-state index in [2.05, 4.69) is 10.3 Å². The fraction of sp³-hybridized carbons (Fsp3) is 0.357. The second kappa shape index (κ2) is 6.45. The number of halogens is 2. The van der Waals surface area contributed by atoms with Crippen molar-refractivity contribution in [2.24, 2.45) is 0 Å². The molecule has 0 radical (unpaired) electrons. The van der Waals surface area contributed by atoms with Gasteiger partial charge in [-0.1, -0.05) is 54.4 Å². The zero-order valence-corrected chi connectivity index (χ0v) is 13.4. The van der Waals surface area contributed by atoms with Crippen LogP contribution in [0, 0.1) is 0 Å². The van der Waals surface area contributed by atoms with E-state index >= 15 is 0 Å². The minimum atomic E-state index is -0.498. The molecule has 0 saturated heterocycles. The van der Waals surface area contributed by atoms with Crippen LogP contribution in [0.15, 0.2) is 18.2 Å². The van der Waals surface area contributed by atoms with Crippen LogP contribution >= 0.6 is 23.2 Å². The van der Waals surface area contributed by atoms with Crippen molar-refractivity contribution in [1.82, 2.24) is 15.0 Å². The molecule has 0 saturated carbocycles.